The topological polar surface area (TPSA) is 96.1 Å². The number of ether oxygens (including phenoxy) is 1. The number of aryl methyl sites for hydroxylation is 1. The molecule has 0 bridgehead atoms. The van der Waals surface area contributed by atoms with Crippen LogP contribution in [0.3, 0.4) is 0 Å². The van der Waals surface area contributed by atoms with Gasteiger partial charge in [0.2, 0.25) is 0 Å². The molecule has 0 spiro atoms. The molecule has 34 heavy (non-hydrogen) atoms. The molecule has 1 atom stereocenters. The maximum atomic E-state index is 14.0. The number of hydrogen-bond donors (Lipinski definition) is 3. The lowest BCUT2D eigenvalue weighted by Gasteiger charge is -2.29. The quantitative estimate of drug-likeness (QED) is 0.372. The van der Waals surface area contributed by atoms with Crippen LogP contribution in [0.15, 0.2) is 66.9 Å². The molecule has 0 unspecified atom stereocenters. The second-order valence-corrected chi connectivity index (χ2v) is 8.29. The van der Waals surface area contributed by atoms with E-state index < -0.39 is 11.4 Å². The molecule has 0 aliphatic rings. The zero-order valence-electron chi connectivity index (χ0n) is 19.0. The van der Waals surface area contributed by atoms with Crippen molar-refractivity contribution in [2.24, 2.45) is 0 Å². The van der Waals surface area contributed by atoms with Gasteiger partial charge in [0.1, 0.15) is 18.1 Å². The lowest BCUT2D eigenvalue weighted by Crippen LogP contribution is -2.46. The number of benzene rings is 2. The molecule has 4 rings (SSSR count). The largest absolute Gasteiger partial charge is 0.485 e. The lowest BCUT2D eigenvalue weighted by molar-refractivity contribution is 0.0842. The predicted molar refractivity (Wildman–Crippen MR) is 125 cm³/mol. The average Bonchev–Trinajstić information content (AvgIpc) is 3.20. The van der Waals surface area contributed by atoms with Gasteiger partial charge >= 0.3 is 0 Å². The van der Waals surface area contributed by atoms with Gasteiger partial charge in [-0.15, -0.1) is 0 Å². The summed E-state index contributed by atoms with van der Waals surface area (Å²) in [4.78, 5) is 17.9. The van der Waals surface area contributed by atoms with Gasteiger partial charge in [0, 0.05) is 11.8 Å². The summed E-state index contributed by atoms with van der Waals surface area (Å²) in [5, 5.41) is 22.5. The Labute approximate surface area is 196 Å². The molecule has 0 saturated carbocycles. The molecular formula is C26H26FN3O4. The fourth-order valence-electron chi connectivity index (χ4n) is 3.84. The van der Waals surface area contributed by atoms with Crippen molar-refractivity contribution in [2.75, 3.05) is 6.61 Å². The van der Waals surface area contributed by atoms with Gasteiger partial charge in [0.05, 0.1) is 24.4 Å². The van der Waals surface area contributed by atoms with Crippen molar-refractivity contribution in [3.63, 3.8) is 0 Å². The normalized spacial score (nSPS) is 13.0. The van der Waals surface area contributed by atoms with Crippen LogP contribution in [0, 0.1) is 12.7 Å². The number of hydrogen-bond acceptors (Lipinski definition) is 5. The second-order valence-electron chi connectivity index (χ2n) is 8.29. The monoisotopic (exact) mass is 463 g/mol. The summed E-state index contributed by atoms with van der Waals surface area (Å²) in [5.74, 6) is -0.377. The van der Waals surface area contributed by atoms with E-state index in [2.05, 4.69) is 10.3 Å². The molecule has 0 saturated heterocycles. The summed E-state index contributed by atoms with van der Waals surface area (Å²) in [7, 11) is 0. The van der Waals surface area contributed by atoms with Gasteiger partial charge in [-0.3, -0.25) is 9.20 Å². The first kappa shape index (κ1) is 23.4. The van der Waals surface area contributed by atoms with Gasteiger partial charge in [0.15, 0.2) is 11.4 Å². The molecule has 2 heterocycles. The van der Waals surface area contributed by atoms with E-state index >= 15 is 0 Å². The summed E-state index contributed by atoms with van der Waals surface area (Å²) < 4.78 is 21.4. The summed E-state index contributed by atoms with van der Waals surface area (Å²) in [6.45, 7) is 2.95. The summed E-state index contributed by atoms with van der Waals surface area (Å²) in [6, 6.07) is 16.8. The number of imidazole rings is 1. The number of carbonyl (C=O) groups is 1. The number of aromatic nitrogens is 2. The van der Waals surface area contributed by atoms with E-state index in [1.807, 2.05) is 0 Å². The third-order valence-electron chi connectivity index (χ3n) is 5.80. The van der Waals surface area contributed by atoms with Gasteiger partial charge < -0.3 is 20.3 Å². The molecule has 3 N–H and O–H groups in total. The van der Waals surface area contributed by atoms with Crippen molar-refractivity contribution in [3.8, 4) is 5.75 Å². The average molecular weight is 464 g/mol. The Morgan fingerprint density at radius 3 is 2.68 bits per heavy atom. The number of rotatable bonds is 8. The van der Waals surface area contributed by atoms with Crippen molar-refractivity contribution < 1.29 is 24.1 Å². The minimum Gasteiger partial charge on any atom is -0.485 e. The third kappa shape index (κ3) is 4.50. The number of aliphatic hydroxyl groups excluding tert-OH is 2. The van der Waals surface area contributed by atoms with Crippen LogP contribution in [-0.2, 0) is 18.8 Å². The number of nitrogens with one attached hydrogen (secondary N) is 1. The number of aliphatic hydroxyl groups is 2. The van der Waals surface area contributed by atoms with E-state index in [9.17, 15) is 19.4 Å². The Hall–Kier alpha value is -3.75. The third-order valence-corrected chi connectivity index (χ3v) is 5.80. The highest BCUT2D eigenvalue weighted by molar-refractivity contribution is 5.95. The molecule has 4 aromatic rings. The molecule has 0 aliphatic heterocycles. The highest BCUT2D eigenvalue weighted by Gasteiger charge is 2.31. The zero-order valence-corrected chi connectivity index (χ0v) is 19.0. The fourth-order valence-corrected chi connectivity index (χ4v) is 3.84. The fraction of sp³-hybridized carbons (Fsp3) is 0.231. The molecule has 176 valence electrons. The number of halogens is 1. The molecule has 2 aromatic heterocycles. The Bertz CT molecular complexity index is 1340. The molecular weight excluding hydrogens is 437 g/mol. The van der Waals surface area contributed by atoms with Crippen LogP contribution in [-0.4, -0.2) is 32.1 Å². The first-order valence-electron chi connectivity index (χ1n) is 10.8. The number of carbonyl (C=O) groups excluding carboxylic acids is 1. The smallest absolute Gasteiger partial charge is 0.270 e. The van der Waals surface area contributed by atoms with Crippen LogP contribution in [0.2, 0.25) is 0 Å². The van der Waals surface area contributed by atoms with Crippen molar-refractivity contribution in [1.82, 2.24) is 14.7 Å². The van der Waals surface area contributed by atoms with E-state index in [4.69, 9.17) is 4.74 Å². The van der Waals surface area contributed by atoms with Crippen molar-refractivity contribution in [1.29, 1.82) is 0 Å². The number of amides is 1. The lowest BCUT2D eigenvalue weighted by atomic mass is 9.91. The second kappa shape index (κ2) is 9.62. The van der Waals surface area contributed by atoms with Crippen LogP contribution < -0.4 is 10.1 Å². The number of fused-ring (bicyclic) bond motifs is 1. The van der Waals surface area contributed by atoms with E-state index in [1.54, 1.807) is 79.0 Å². The molecule has 0 aliphatic carbocycles. The minimum absolute atomic E-state index is 0.0174. The Morgan fingerprint density at radius 2 is 1.94 bits per heavy atom. The molecule has 7 nitrogen and oxygen atoms in total. The van der Waals surface area contributed by atoms with Crippen LogP contribution in [0.1, 0.15) is 39.8 Å². The van der Waals surface area contributed by atoms with Crippen molar-refractivity contribution in [3.05, 3.63) is 101 Å². The molecule has 0 fully saturated rings. The highest BCUT2D eigenvalue weighted by Crippen LogP contribution is 2.26. The summed E-state index contributed by atoms with van der Waals surface area (Å²) in [5.41, 5.74) is 1.86. The summed E-state index contributed by atoms with van der Waals surface area (Å²) in [6.07, 6.45) is 1.70. The zero-order chi connectivity index (χ0) is 24.3. The van der Waals surface area contributed by atoms with Gasteiger partial charge in [-0.2, -0.15) is 0 Å². The molecule has 1 amide bonds. The van der Waals surface area contributed by atoms with Crippen molar-refractivity contribution in [2.45, 2.75) is 32.6 Å². The SMILES string of the molecule is Cc1nc2c(OCc3ccccc3F)cccn2c1C(=O)N[C@@](C)(CO)c1cccc(CO)c1. The van der Waals surface area contributed by atoms with E-state index in [1.165, 1.54) is 6.07 Å². The number of pyridine rings is 1. The van der Waals surface area contributed by atoms with Gasteiger partial charge in [0.25, 0.3) is 5.91 Å². The van der Waals surface area contributed by atoms with Crippen LogP contribution in [0.5, 0.6) is 5.75 Å². The molecule has 0 radical (unpaired) electrons. The predicted octanol–water partition coefficient (Wildman–Crippen LogP) is 3.49. The molecule has 8 heteroatoms. The summed E-state index contributed by atoms with van der Waals surface area (Å²) >= 11 is 0. The molecule has 2 aromatic carbocycles. The number of nitrogens with zero attached hydrogens (tertiary/aromatic N) is 2. The Balaban J connectivity index is 1.63. The Kier molecular flexibility index (Phi) is 6.63. The van der Waals surface area contributed by atoms with Crippen molar-refractivity contribution >= 4 is 11.6 Å². The van der Waals surface area contributed by atoms with Crippen LogP contribution in [0.25, 0.3) is 5.65 Å². The maximum Gasteiger partial charge on any atom is 0.270 e. The minimum atomic E-state index is -1.09. The standard InChI is InChI=1S/C26H26FN3O4/c1-17-23(25(33)29-26(2,16-32)20-9-5-7-18(13-20)14-31)30-12-6-11-22(24(30)28-17)34-15-19-8-3-4-10-21(19)27/h3-13,31-32H,14-16H2,1-2H3,(H,29,33)/t26-/m0/s1. The van der Waals surface area contributed by atoms with E-state index in [-0.39, 0.29) is 25.6 Å². The first-order chi connectivity index (χ1) is 16.4. The first-order valence-corrected chi connectivity index (χ1v) is 10.8. The van der Waals surface area contributed by atoms with Gasteiger partial charge in [-0.1, -0.05) is 42.5 Å². The van der Waals surface area contributed by atoms with Gasteiger partial charge in [-0.05, 0) is 43.2 Å². The highest BCUT2D eigenvalue weighted by atomic mass is 19.1. The van der Waals surface area contributed by atoms with Crippen LogP contribution >= 0.6 is 0 Å². The Morgan fingerprint density at radius 1 is 1.15 bits per heavy atom. The van der Waals surface area contributed by atoms with E-state index in [0.717, 1.165) is 0 Å². The maximum absolute atomic E-state index is 14.0. The van der Waals surface area contributed by atoms with Gasteiger partial charge in [-0.25, -0.2) is 9.37 Å². The van der Waals surface area contributed by atoms with Crippen LogP contribution in [0.4, 0.5) is 4.39 Å². The van der Waals surface area contributed by atoms with E-state index in [0.29, 0.717) is 39.5 Å².